The number of carbonyl (C=O) groups is 1. The van der Waals surface area contributed by atoms with E-state index in [0.717, 1.165) is 5.01 Å². The van der Waals surface area contributed by atoms with Crippen LogP contribution in [0.4, 0.5) is 0 Å². The molecule has 0 N–H and O–H groups in total. The Hall–Kier alpha value is -2.39. The Morgan fingerprint density at radius 2 is 2.05 bits per heavy atom. The smallest absolute Gasteiger partial charge is 0.195 e. The van der Waals surface area contributed by atoms with Crippen molar-refractivity contribution in [1.82, 2.24) is 4.98 Å². The van der Waals surface area contributed by atoms with Crippen LogP contribution in [0, 0.1) is 18.3 Å². The second-order valence-corrected chi connectivity index (χ2v) is 5.52. The number of hydrogen-bond donors (Lipinski definition) is 0. The molecule has 5 nitrogen and oxygen atoms in total. The first kappa shape index (κ1) is 15.0. The predicted molar refractivity (Wildman–Crippen MR) is 79.1 cm³/mol. The Morgan fingerprint density at radius 3 is 2.57 bits per heavy atom. The molecule has 2 aromatic rings. The summed E-state index contributed by atoms with van der Waals surface area (Å²) in [5.41, 5.74) is 0.575. The molecule has 0 bridgehead atoms. The van der Waals surface area contributed by atoms with E-state index in [4.69, 9.17) is 9.47 Å². The van der Waals surface area contributed by atoms with Gasteiger partial charge in [0, 0.05) is 6.20 Å². The molecule has 1 atom stereocenters. The summed E-state index contributed by atoms with van der Waals surface area (Å²) in [4.78, 5) is 17.0. The molecule has 0 spiro atoms. The lowest BCUT2D eigenvalue weighted by Gasteiger charge is -2.12. The van der Waals surface area contributed by atoms with E-state index in [-0.39, 0.29) is 5.78 Å². The molecule has 2 rings (SSSR count). The van der Waals surface area contributed by atoms with Crippen LogP contribution in [0.3, 0.4) is 0 Å². The van der Waals surface area contributed by atoms with Crippen LogP contribution in [0.1, 0.15) is 26.2 Å². The van der Waals surface area contributed by atoms with Crippen LogP contribution in [0.25, 0.3) is 0 Å². The van der Waals surface area contributed by atoms with Gasteiger partial charge in [-0.05, 0) is 24.6 Å². The number of Topliss-reactive ketones (excluding diaryl/α,β-unsaturated/α-hetero) is 1. The summed E-state index contributed by atoms with van der Waals surface area (Å²) in [5, 5.41) is 10.1. The summed E-state index contributed by atoms with van der Waals surface area (Å²) in [6.45, 7) is 1.82. The number of benzene rings is 1. The highest BCUT2D eigenvalue weighted by Crippen LogP contribution is 2.32. The zero-order valence-electron chi connectivity index (χ0n) is 11.9. The third-order valence-corrected chi connectivity index (χ3v) is 3.92. The van der Waals surface area contributed by atoms with Crippen LogP contribution >= 0.6 is 11.3 Å². The van der Waals surface area contributed by atoms with Gasteiger partial charge < -0.3 is 9.47 Å². The maximum atomic E-state index is 12.4. The van der Waals surface area contributed by atoms with Gasteiger partial charge in [-0.3, -0.25) is 4.79 Å². The average molecular weight is 302 g/mol. The van der Waals surface area contributed by atoms with E-state index in [2.05, 4.69) is 4.98 Å². The van der Waals surface area contributed by atoms with Crippen LogP contribution in [0.5, 0.6) is 11.5 Å². The topological polar surface area (TPSA) is 72.2 Å². The maximum Gasteiger partial charge on any atom is 0.195 e. The molecular formula is C15H14N2O3S. The summed E-state index contributed by atoms with van der Waals surface area (Å²) in [7, 11) is 3.04. The van der Waals surface area contributed by atoms with Gasteiger partial charge in [0.1, 0.15) is 5.92 Å². The average Bonchev–Trinajstić information content (AvgIpc) is 2.94. The predicted octanol–water partition coefficient (Wildman–Crippen LogP) is 2.96. The largest absolute Gasteiger partial charge is 0.493 e. The molecule has 108 valence electrons. The van der Waals surface area contributed by atoms with Gasteiger partial charge >= 0.3 is 0 Å². The minimum atomic E-state index is -0.885. The molecule has 0 saturated heterocycles. The van der Waals surface area contributed by atoms with Gasteiger partial charge in [-0.2, -0.15) is 5.26 Å². The molecule has 6 heteroatoms. The number of thiazole rings is 1. The number of aromatic nitrogens is 1. The highest BCUT2D eigenvalue weighted by Gasteiger charge is 2.24. The van der Waals surface area contributed by atoms with E-state index in [1.165, 1.54) is 31.8 Å². The molecule has 0 fully saturated rings. The van der Waals surface area contributed by atoms with Crippen molar-refractivity contribution in [2.75, 3.05) is 14.2 Å². The van der Waals surface area contributed by atoms with Gasteiger partial charge in [-0.15, -0.1) is 11.3 Å². The molecular weight excluding hydrogens is 288 g/mol. The normalized spacial score (nSPS) is 11.5. The molecule has 1 aromatic heterocycles. The lowest BCUT2D eigenvalue weighted by molar-refractivity contribution is 0.0982. The van der Waals surface area contributed by atoms with Gasteiger partial charge in [0.2, 0.25) is 0 Å². The van der Waals surface area contributed by atoms with Crippen LogP contribution < -0.4 is 9.47 Å². The second kappa shape index (κ2) is 6.37. The molecule has 0 radical (unpaired) electrons. The molecule has 0 aliphatic rings. The lowest BCUT2D eigenvalue weighted by Crippen LogP contribution is -2.10. The maximum absolute atomic E-state index is 12.4. The Kier molecular flexibility index (Phi) is 4.55. The lowest BCUT2D eigenvalue weighted by atomic mass is 9.95. The zero-order chi connectivity index (χ0) is 15.4. The van der Waals surface area contributed by atoms with Crippen molar-refractivity contribution in [1.29, 1.82) is 5.26 Å². The fraction of sp³-hybridized carbons (Fsp3) is 0.267. The quantitative estimate of drug-likeness (QED) is 0.794. The highest BCUT2D eigenvalue weighted by molar-refractivity contribution is 7.13. The van der Waals surface area contributed by atoms with E-state index in [0.29, 0.717) is 21.9 Å². The van der Waals surface area contributed by atoms with Crippen molar-refractivity contribution >= 4 is 17.1 Å². The summed E-state index contributed by atoms with van der Waals surface area (Å²) in [6.07, 6.45) is 1.51. The Labute approximate surface area is 126 Å². The van der Waals surface area contributed by atoms with Crippen molar-refractivity contribution in [2.24, 2.45) is 0 Å². The number of nitriles is 1. The monoisotopic (exact) mass is 302 g/mol. The Morgan fingerprint density at radius 1 is 1.33 bits per heavy atom. The molecule has 21 heavy (non-hydrogen) atoms. The second-order valence-electron chi connectivity index (χ2n) is 4.28. The van der Waals surface area contributed by atoms with E-state index in [9.17, 15) is 10.1 Å². The van der Waals surface area contributed by atoms with Gasteiger partial charge in [0.15, 0.2) is 17.3 Å². The molecule has 0 saturated carbocycles. The van der Waals surface area contributed by atoms with Crippen molar-refractivity contribution in [3.8, 4) is 17.6 Å². The number of carbonyl (C=O) groups excluding carboxylic acids is 1. The molecule has 0 aliphatic heterocycles. The van der Waals surface area contributed by atoms with E-state index >= 15 is 0 Å². The summed E-state index contributed by atoms with van der Waals surface area (Å²) >= 11 is 1.28. The molecule has 0 amide bonds. The van der Waals surface area contributed by atoms with Crippen LogP contribution in [0.2, 0.25) is 0 Å². The fourth-order valence-corrected chi connectivity index (χ4v) is 2.68. The minimum absolute atomic E-state index is 0.254. The number of aryl methyl sites for hydroxylation is 1. The van der Waals surface area contributed by atoms with Crippen molar-refractivity contribution < 1.29 is 14.3 Å². The SMILES string of the molecule is COc1ccc(C(C#N)C(=O)c2cnc(C)s2)cc1OC. The first-order valence-electron chi connectivity index (χ1n) is 6.19. The number of rotatable bonds is 5. The number of ether oxygens (including phenoxy) is 2. The van der Waals surface area contributed by atoms with Gasteiger partial charge in [0.25, 0.3) is 0 Å². The highest BCUT2D eigenvalue weighted by atomic mass is 32.1. The third-order valence-electron chi connectivity index (χ3n) is 3.00. The Balaban J connectivity index is 2.38. The molecule has 0 aliphatic carbocycles. The van der Waals surface area contributed by atoms with Crippen molar-refractivity contribution in [3.63, 3.8) is 0 Å². The molecule has 1 aromatic carbocycles. The van der Waals surface area contributed by atoms with Crippen molar-refractivity contribution in [3.05, 3.63) is 39.8 Å². The van der Waals surface area contributed by atoms with Gasteiger partial charge in [-0.1, -0.05) is 6.07 Å². The summed E-state index contributed by atoms with van der Waals surface area (Å²) in [6, 6.07) is 7.08. The van der Waals surface area contributed by atoms with Crippen LogP contribution in [-0.2, 0) is 0 Å². The van der Waals surface area contributed by atoms with Gasteiger partial charge in [0.05, 0.1) is 30.2 Å². The number of methoxy groups -OCH3 is 2. The summed E-state index contributed by atoms with van der Waals surface area (Å²) in [5.74, 6) is -0.0949. The summed E-state index contributed by atoms with van der Waals surface area (Å²) < 4.78 is 10.4. The Bertz CT molecular complexity index is 703. The first-order valence-corrected chi connectivity index (χ1v) is 7.00. The van der Waals surface area contributed by atoms with Crippen molar-refractivity contribution in [2.45, 2.75) is 12.8 Å². The molecule has 1 unspecified atom stereocenters. The zero-order valence-corrected chi connectivity index (χ0v) is 12.7. The van der Waals surface area contributed by atoms with Crippen LogP contribution in [0.15, 0.2) is 24.4 Å². The molecule has 1 heterocycles. The number of hydrogen-bond acceptors (Lipinski definition) is 6. The van der Waals surface area contributed by atoms with Crippen LogP contribution in [-0.4, -0.2) is 25.0 Å². The van der Waals surface area contributed by atoms with E-state index in [1.54, 1.807) is 18.2 Å². The number of nitrogens with zero attached hydrogens (tertiary/aromatic N) is 2. The number of ketones is 1. The fourth-order valence-electron chi connectivity index (χ4n) is 1.93. The minimum Gasteiger partial charge on any atom is -0.493 e. The first-order chi connectivity index (χ1) is 10.1. The van der Waals surface area contributed by atoms with E-state index in [1.807, 2.05) is 13.0 Å². The third kappa shape index (κ3) is 3.03. The van der Waals surface area contributed by atoms with E-state index < -0.39 is 5.92 Å². The standard InChI is InChI=1S/C15H14N2O3S/c1-9-17-8-14(21-9)15(18)11(7-16)10-4-5-12(19-2)13(6-10)20-3/h4-6,8,11H,1-3H3. The van der Waals surface area contributed by atoms with Gasteiger partial charge in [-0.25, -0.2) is 4.98 Å².